The Labute approximate surface area is 256 Å². The molecule has 208 valence electrons. The van der Waals surface area contributed by atoms with Crippen LogP contribution in [0.25, 0.3) is 32.6 Å². The van der Waals surface area contributed by atoms with Crippen molar-refractivity contribution in [1.29, 1.82) is 0 Å². The van der Waals surface area contributed by atoms with Crippen molar-refractivity contribution in [1.82, 2.24) is 9.97 Å². The van der Waals surface area contributed by atoms with E-state index in [0.717, 1.165) is 44.3 Å². The Balaban J connectivity index is 1.47. The summed E-state index contributed by atoms with van der Waals surface area (Å²) >= 11 is 9.37. The topological polar surface area (TPSA) is 94.3 Å². The van der Waals surface area contributed by atoms with E-state index in [1.54, 1.807) is 18.2 Å². The van der Waals surface area contributed by atoms with Gasteiger partial charge in [-0.3, -0.25) is 9.80 Å². The summed E-state index contributed by atoms with van der Waals surface area (Å²) in [5, 5.41) is 13.8. The number of aliphatic imine (C=N–C) groups is 2. The number of amidine groups is 2. The summed E-state index contributed by atoms with van der Waals surface area (Å²) in [5.41, 5.74) is 4.64. The number of hydrogen-bond donors (Lipinski definition) is 3. The third kappa shape index (κ3) is 3.90. The zero-order valence-corrected chi connectivity index (χ0v) is 24.3. The smallest absolute Gasteiger partial charge is 0.335 e. The summed E-state index contributed by atoms with van der Waals surface area (Å²) in [4.78, 5) is 36.2. The molecule has 5 aromatic carbocycles. The summed E-state index contributed by atoms with van der Waals surface area (Å²) in [6, 6.07) is 29.1. The Morgan fingerprint density at radius 2 is 1.14 bits per heavy atom. The average molecular weight is 599 g/mol. The molecule has 1 aromatic heterocycles. The Morgan fingerprint density at radius 3 is 1.63 bits per heavy atom. The highest BCUT2D eigenvalue weighted by Crippen LogP contribution is 2.48. The van der Waals surface area contributed by atoms with Gasteiger partial charge in [0.05, 0.1) is 39.3 Å². The first-order valence-corrected chi connectivity index (χ1v) is 14.9. The van der Waals surface area contributed by atoms with E-state index in [9.17, 15) is 9.90 Å². The van der Waals surface area contributed by atoms with Crippen molar-refractivity contribution in [3.63, 3.8) is 0 Å². The number of nitrogens with zero attached hydrogens (tertiary/aromatic N) is 6. The maximum absolute atomic E-state index is 11.9. The quantitative estimate of drug-likeness (QED) is 0.175. The summed E-state index contributed by atoms with van der Waals surface area (Å²) in [6.45, 7) is 0. The molecule has 0 spiro atoms. The van der Waals surface area contributed by atoms with Crippen LogP contribution in [-0.4, -0.2) is 44.2 Å². The minimum atomic E-state index is -1.03. The first-order valence-electron chi connectivity index (χ1n) is 13.6. The van der Waals surface area contributed by atoms with Crippen molar-refractivity contribution in [3.05, 3.63) is 96.6 Å². The molecule has 6 aromatic rings. The molecule has 0 saturated carbocycles. The summed E-state index contributed by atoms with van der Waals surface area (Å²) in [7, 11) is 0. The summed E-state index contributed by atoms with van der Waals surface area (Å²) < 4.78 is 0. The summed E-state index contributed by atoms with van der Waals surface area (Å²) in [6.07, 6.45) is 0. The number of anilines is 4. The predicted molar refractivity (Wildman–Crippen MR) is 181 cm³/mol. The Hall–Kier alpha value is -4.93. The van der Waals surface area contributed by atoms with Gasteiger partial charge in [0.2, 0.25) is 0 Å². The van der Waals surface area contributed by atoms with Gasteiger partial charge >= 0.3 is 5.97 Å². The van der Waals surface area contributed by atoms with Gasteiger partial charge in [0, 0.05) is 22.3 Å². The molecule has 2 aliphatic rings. The second kappa shape index (κ2) is 9.82. The number of carboxylic acids is 1. The van der Waals surface area contributed by atoms with Gasteiger partial charge in [-0.1, -0.05) is 48.5 Å². The fraction of sp³-hybridized carbons (Fsp3) is 0.0606. The highest BCUT2D eigenvalue weighted by atomic mass is 32.1. The lowest BCUT2D eigenvalue weighted by Crippen LogP contribution is -2.35. The fourth-order valence-electron chi connectivity index (χ4n) is 5.97. The van der Waals surface area contributed by atoms with Crippen molar-refractivity contribution in [2.24, 2.45) is 9.98 Å². The SMILES string of the molecule is O=C(O)c1ccc2nc(N3C(CS)=Nc4cccc5cccc3c45)c(N3C(CS)=Nc4cccc5cccc3c45)nc2c1. The van der Waals surface area contributed by atoms with Crippen molar-refractivity contribution >= 4 is 110 Å². The van der Waals surface area contributed by atoms with Gasteiger partial charge in [-0.2, -0.15) is 25.3 Å². The van der Waals surface area contributed by atoms with Crippen molar-refractivity contribution < 1.29 is 9.90 Å². The molecule has 2 aliphatic heterocycles. The van der Waals surface area contributed by atoms with Crippen molar-refractivity contribution in [2.45, 2.75) is 0 Å². The first-order chi connectivity index (χ1) is 21.1. The largest absolute Gasteiger partial charge is 0.478 e. The molecule has 3 heterocycles. The van der Waals surface area contributed by atoms with Crippen molar-refractivity contribution in [2.75, 3.05) is 21.3 Å². The van der Waals surface area contributed by atoms with E-state index < -0.39 is 5.97 Å². The number of fused-ring (bicyclic) bond motifs is 1. The molecule has 0 saturated heterocycles. The Kier molecular flexibility index (Phi) is 5.88. The number of rotatable bonds is 5. The van der Waals surface area contributed by atoms with E-state index in [4.69, 9.17) is 20.0 Å². The second-order valence-corrected chi connectivity index (χ2v) is 10.9. The molecule has 1 N–H and O–H groups in total. The van der Waals surface area contributed by atoms with Crippen LogP contribution < -0.4 is 9.80 Å². The van der Waals surface area contributed by atoms with Crippen LogP contribution in [0.5, 0.6) is 0 Å². The van der Waals surface area contributed by atoms with Gasteiger partial charge in [0.15, 0.2) is 11.6 Å². The van der Waals surface area contributed by atoms with E-state index >= 15 is 0 Å². The lowest BCUT2D eigenvalue weighted by Gasteiger charge is -2.35. The van der Waals surface area contributed by atoms with E-state index in [2.05, 4.69) is 49.5 Å². The highest BCUT2D eigenvalue weighted by Gasteiger charge is 2.33. The van der Waals surface area contributed by atoms with Gasteiger partial charge in [0.1, 0.15) is 11.7 Å². The number of hydrogen-bond acceptors (Lipinski definition) is 9. The molecule has 8 nitrogen and oxygen atoms in total. The van der Waals surface area contributed by atoms with Crippen LogP contribution in [0.1, 0.15) is 10.4 Å². The van der Waals surface area contributed by atoms with Crippen LogP contribution in [0, 0.1) is 0 Å². The lowest BCUT2D eigenvalue weighted by molar-refractivity contribution is 0.0697. The molecular formula is C33H22N6O2S2. The normalized spacial score (nSPS) is 13.9. The minimum absolute atomic E-state index is 0.129. The van der Waals surface area contributed by atoms with Crippen LogP contribution >= 0.6 is 25.3 Å². The molecule has 0 fully saturated rings. The second-order valence-electron chi connectivity index (χ2n) is 10.2. The maximum atomic E-state index is 11.9. The van der Waals surface area contributed by atoms with Crippen LogP contribution in [0.3, 0.4) is 0 Å². The number of carboxylic acid groups (broad SMARTS) is 1. The zero-order valence-electron chi connectivity index (χ0n) is 22.5. The van der Waals surface area contributed by atoms with Crippen molar-refractivity contribution in [3.8, 4) is 0 Å². The molecule has 43 heavy (non-hydrogen) atoms. The Morgan fingerprint density at radius 1 is 0.651 bits per heavy atom. The van der Waals surface area contributed by atoms with E-state index in [-0.39, 0.29) is 5.56 Å². The monoisotopic (exact) mass is 598 g/mol. The number of aromatic carboxylic acids is 1. The number of carbonyl (C=O) groups is 1. The van der Waals surface area contributed by atoms with Crippen LogP contribution in [-0.2, 0) is 0 Å². The first kappa shape index (κ1) is 25.8. The van der Waals surface area contributed by atoms with E-state index in [1.807, 2.05) is 58.3 Å². The molecule has 10 heteroatoms. The summed E-state index contributed by atoms with van der Waals surface area (Å²) in [5.74, 6) is 1.99. The molecule has 0 amide bonds. The molecule has 0 atom stereocenters. The van der Waals surface area contributed by atoms with Crippen LogP contribution in [0.15, 0.2) is 101 Å². The molecule has 0 bridgehead atoms. The molecule has 0 unspecified atom stereocenters. The average Bonchev–Trinajstić information content (AvgIpc) is 3.04. The van der Waals surface area contributed by atoms with Gasteiger partial charge in [-0.05, 0) is 53.2 Å². The minimum Gasteiger partial charge on any atom is -0.478 e. The number of benzene rings is 5. The molecule has 0 aliphatic carbocycles. The molecule has 8 rings (SSSR count). The van der Waals surface area contributed by atoms with Gasteiger partial charge < -0.3 is 5.11 Å². The van der Waals surface area contributed by atoms with Crippen LogP contribution in [0.2, 0.25) is 0 Å². The zero-order chi connectivity index (χ0) is 29.2. The highest BCUT2D eigenvalue weighted by molar-refractivity contribution is 7.81. The van der Waals surface area contributed by atoms with E-state index in [0.29, 0.717) is 45.8 Å². The van der Waals surface area contributed by atoms with Gasteiger partial charge in [-0.15, -0.1) is 0 Å². The van der Waals surface area contributed by atoms with Gasteiger partial charge in [-0.25, -0.2) is 24.7 Å². The number of aromatic nitrogens is 2. The van der Waals surface area contributed by atoms with E-state index in [1.165, 1.54) is 0 Å². The molecule has 0 radical (unpaired) electrons. The number of thiol groups is 2. The standard InChI is InChI=1S/C33H22N6O2S2/c40-33(41)20-13-14-21-24(15-20)37-32(39-26-12-4-8-19-6-2-10-23(30(19)26)35-28(39)17-43)31(36-21)38-25-11-3-7-18-5-1-9-22(29(18)25)34-27(38)16-42/h1-15,42-43H,16-17H2,(H,40,41). The third-order valence-electron chi connectivity index (χ3n) is 7.80. The molecular weight excluding hydrogens is 577 g/mol. The lowest BCUT2D eigenvalue weighted by atomic mass is 10.0. The van der Waals surface area contributed by atoms with Crippen LogP contribution in [0.4, 0.5) is 34.4 Å². The fourth-order valence-corrected chi connectivity index (χ4v) is 6.40. The Bertz CT molecular complexity index is 2220. The third-order valence-corrected chi connectivity index (χ3v) is 8.37. The maximum Gasteiger partial charge on any atom is 0.335 e. The van der Waals surface area contributed by atoms with Gasteiger partial charge in [0.25, 0.3) is 0 Å². The predicted octanol–water partition coefficient (Wildman–Crippen LogP) is 7.86.